The number of rotatable bonds is 4. The highest BCUT2D eigenvalue weighted by Gasteiger charge is 2.35. The highest BCUT2D eigenvalue weighted by atomic mass is 32.2. The van der Waals surface area contributed by atoms with Gasteiger partial charge in [-0.2, -0.15) is 0 Å². The first kappa shape index (κ1) is 15.9. The number of hydrogen-bond acceptors (Lipinski definition) is 3. The zero-order valence-corrected chi connectivity index (χ0v) is 13.5. The highest BCUT2D eigenvalue weighted by Crippen LogP contribution is 2.24. The van der Waals surface area contributed by atoms with Gasteiger partial charge in [-0.1, -0.05) is 44.2 Å². The van der Waals surface area contributed by atoms with E-state index in [0.29, 0.717) is 11.6 Å². The summed E-state index contributed by atoms with van der Waals surface area (Å²) >= 11 is 1.63. The molecule has 1 fully saturated rings. The smallest absolute Gasteiger partial charge is 0.244 e. The van der Waals surface area contributed by atoms with Crippen molar-refractivity contribution >= 4 is 23.6 Å². The molecule has 4 nitrogen and oxygen atoms in total. The Morgan fingerprint density at radius 3 is 2.52 bits per heavy atom. The molecule has 2 amide bonds. The summed E-state index contributed by atoms with van der Waals surface area (Å²) < 4.78 is 0. The molecule has 0 aliphatic carbocycles. The lowest BCUT2D eigenvalue weighted by molar-refractivity contribution is -0.140. The van der Waals surface area contributed by atoms with Gasteiger partial charge in [-0.05, 0) is 12.5 Å². The Morgan fingerprint density at radius 1 is 1.24 bits per heavy atom. The Bertz CT molecular complexity index is 504. The van der Waals surface area contributed by atoms with Crippen LogP contribution >= 0.6 is 11.8 Å². The van der Waals surface area contributed by atoms with Crippen LogP contribution in [0.1, 0.15) is 32.4 Å². The lowest BCUT2D eigenvalue weighted by atomic mass is 10.1. The van der Waals surface area contributed by atoms with Crippen LogP contribution in [0.5, 0.6) is 0 Å². The van der Waals surface area contributed by atoms with Crippen molar-refractivity contribution in [2.45, 2.75) is 32.9 Å². The lowest BCUT2D eigenvalue weighted by Gasteiger charge is -2.26. The Labute approximate surface area is 130 Å². The quantitative estimate of drug-likeness (QED) is 0.929. The molecule has 0 radical (unpaired) electrons. The van der Waals surface area contributed by atoms with Gasteiger partial charge in [0, 0.05) is 11.7 Å². The molecule has 0 aromatic heterocycles. The second-order valence-corrected chi connectivity index (χ2v) is 6.62. The fourth-order valence-corrected chi connectivity index (χ4v) is 3.51. The fraction of sp³-hybridized carbons (Fsp3) is 0.500. The van der Waals surface area contributed by atoms with Gasteiger partial charge in [0.2, 0.25) is 11.8 Å². The molecule has 5 heteroatoms. The molecule has 1 heterocycles. The number of carbonyl (C=O) groups excluding carboxylic acids is 2. The topological polar surface area (TPSA) is 49.4 Å². The molecule has 2 rings (SSSR count). The van der Waals surface area contributed by atoms with E-state index in [2.05, 4.69) is 5.32 Å². The highest BCUT2D eigenvalue weighted by molar-refractivity contribution is 7.99. The molecule has 2 atom stereocenters. The minimum atomic E-state index is -0.351. The van der Waals surface area contributed by atoms with Crippen LogP contribution in [0.15, 0.2) is 30.3 Å². The van der Waals surface area contributed by atoms with Crippen molar-refractivity contribution in [3.05, 3.63) is 35.9 Å². The Morgan fingerprint density at radius 2 is 1.90 bits per heavy atom. The third-order valence-corrected chi connectivity index (χ3v) is 4.63. The molecular formula is C16H22N2O2S. The summed E-state index contributed by atoms with van der Waals surface area (Å²) in [5, 5.41) is 3.02. The van der Waals surface area contributed by atoms with Gasteiger partial charge in [-0.3, -0.25) is 9.59 Å². The number of nitrogens with zero attached hydrogens (tertiary/aromatic N) is 1. The average Bonchev–Trinajstić information content (AvgIpc) is 2.96. The number of carbonyl (C=O) groups is 2. The summed E-state index contributed by atoms with van der Waals surface area (Å²) in [5.74, 6) is 1.18. The van der Waals surface area contributed by atoms with Gasteiger partial charge in [0.15, 0.2) is 0 Å². The largest absolute Gasteiger partial charge is 0.348 e. The molecular weight excluding hydrogens is 284 g/mol. The van der Waals surface area contributed by atoms with Crippen LogP contribution in [0.4, 0.5) is 0 Å². The molecule has 0 saturated carbocycles. The third-order valence-electron chi connectivity index (χ3n) is 3.62. The molecule has 1 saturated heterocycles. The van der Waals surface area contributed by atoms with Gasteiger partial charge in [-0.25, -0.2) is 0 Å². The molecule has 0 spiro atoms. The van der Waals surface area contributed by atoms with Crippen LogP contribution in [0.25, 0.3) is 0 Å². The van der Waals surface area contributed by atoms with Gasteiger partial charge in [0.05, 0.1) is 11.9 Å². The maximum Gasteiger partial charge on any atom is 0.244 e. The van der Waals surface area contributed by atoms with Crippen molar-refractivity contribution in [3.8, 4) is 0 Å². The Kier molecular flexibility index (Phi) is 5.28. The van der Waals surface area contributed by atoms with Gasteiger partial charge >= 0.3 is 0 Å². The monoisotopic (exact) mass is 306 g/mol. The Balaban J connectivity index is 2.01. The second-order valence-electron chi connectivity index (χ2n) is 5.62. The zero-order chi connectivity index (χ0) is 15.4. The van der Waals surface area contributed by atoms with Crippen molar-refractivity contribution in [1.29, 1.82) is 0 Å². The summed E-state index contributed by atoms with van der Waals surface area (Å²) in [6.07, 6.45) is 0. The minimum Gasteiger partial charge on any atom is -0.348 e. The van der Waals surface area contributed by atoms with E-state index in [4.69, 9.17) is 0 Å². The predicted molar refractivity (Wildman–Crippen MR) is 85.8 cm³/mol. The van der Waals surface area contributed by atoms with Crippen molar-refractivity contribution in [1.82, 2.24) is 10.2 Å². The van der Waals surface area contributed by atoms with Crippen LogP contribution in [-0.4, -0.2) is 34.4 Å². The van der Waals surface area contributed by atoms with Gasteiger partial charge in [0.25, 0.3) is 0 Å². The van der Waals surface area contributed by atoms with Gasteiger partial charge < -0.3 is 10.2 Å². The molecule has 1 aromatic carbocycles. The molecule has 21 heavy (non-hydrogen) atoms. The first-order valence-electron chi connectivity index (χ1n) is 7.24. The van der Waals surface area contributed by atoms with Crippen LogP contribution in [0.2, 0.25) is 0 Å². The number of hydrogen-bond donors (Lipinski definition) is 1. The molecule has 1 aliphatic rings. The predicted octanol–water partition coefficient (Wildman–Crippen LogP) is 2.42. The van der Waals surface area contributed by atoms with Crippen molar-refractivity contribution in [2.75, 3.05) is 11.6 Å². The van der Waals surface area contributed by atoms with E-state index in [9.17, 15) is 9.59 Å². The van der Waals surface area contributed by atoms with Crippen LogP contribution in [-0.2, 0) is 9.59 Å². The Hall–Kier alpha value is -1.49. The van der Waals surface area contributed by atoms with Crippen LogP contribution < -0.4 is 5.32 Å². The van der Waals surface area contributed by atoms with E-state index in [1.807, 2.05) is 51.1 Å². The first-order valence-corrected chi connectivity index (χ1v) is 8.39. The minimum absolute atomic E-state index is 0.0486. The molecule has 0 unspecified atom stereocenters. The number of amides is 2. The summed E-state index contributed by atoms with van der Waals surface area (Å²) in [5.41, 5.74) is 1.07. The van der Waals surface area contributed by atoms with E-state index in [0.717, 1.165) is 5.56 Å². The maximum atomic E-state index is 12.4. The SMILES string of the molecule is CC(C)C(=O)N1CSC[C@@H]1C(=O)N[C@H](C)c1ccccc1. The van der Waals surface area contributed by atoms with Gasteiger partial charge in [-0.15, -0.1) is 11.8 Å². The fourth-order valence-electron chi connectivity index (χ4n) is 2.34. The van der Waals surface area contributed by atoms with E-state index in [1.54, 1.807) is 16.7 Å². The summed E-state index contributed by atoms with van der Waals surface area (Å²) in [6, 6.07) is 9.44. The third kappa shape index (κ3) is 3.79. The van der Waals surface area contributed by atoms with Gasteiger partial charge in [0.1, 0.15) is 6.04 Å². The number of benzene rings is 1. The second kappa shape index (κ2) is 6.98. The van der Waals surface area contributed by atoms with Crippen molar-refractivity contribution in [2.24, 2.45) is 5.92 Å². The summed E-state index contributed by atoms with van der Waals surface area (Å²) in [4.78, 5) is 26.3. The zero-order valence-electron chi connectivity index (χ0n) is 12.7. The maximum absolute atomic E-state index is 12.4. The van der Waals surface area contributed by atoms with Crippen molar-refractivity contribution in [3.63, 3.8) is 0 Å². The van der Waals surface area contributed by atoms with E-state index >= 15 is 0 Å². The number of thioether (sulfide) groups is 1. The summed E-state index contributed by atoms with van der Waals surface area (Å²) in [7, 11) is 0. The van der Waals surface area contributed by atoms with Crippen LogP contribution in [0.3, 0.4) is 0 Å². The summed E-state index contributed by atoms with van der Waals surface area (Å²) in [6.45, 7) is 5.70. The molecule has 0 bridgehead atoms. The lowest BCUT2D eigenvalue weighted by Crippen LogP contribution is -2.48. The van der Waals surface area contributed by atoms with Crippen molar-refractivity contribution < 1.29 is 9.59 Å². The van der Waals surface area contributed by atoms with E-state index < -0.39 is 0 Å². The van der Waals surface area contributed by atoms with E-state index in [-0.39, 0.29) is 29.8 Å². The number of nitrogens with one attached hydrogen (secondary N) is 1. The first-order chi connectivity index (χ1) is 10.0. The molecule has 1 aromatic rings. The molecule has 1 aliphatic heterocycles. The average molecular weight is 306 g/mol. The standard InChI is InChI=1S/C16H22N2O2S/c1-11(2)16(20)18-10-21-9-14(18)15(19)17-12(3)13-7-5-4-6-8-13/h4-8,11-12,14H,9-10H2,1-3H3,(H,17,19)/t12-,14-/m1/s1. The molecule has 114 valence electrons. The van der Waals surface area contributed by atoms with E-state index in [1.165, 1.54) is 0 Å². The molecule has 1 N–H and O–H groups in total. The van der Waals surface area contributed by atoms with Crippen LogP contribution in [0, 0.1) is 5.92 Å². The normalized spacial score (nSPS) is 19.6.